The summed E-state index contributed by atoms with van der Waals surface area (Å²) >= 11 is 0. The van der Waals surface area contributed by atoms with Gasteiger partial charge in [0.15, 0.2) is 5.78 Å². The van der Waals surface area contributed by atoms with Gasteiger partial charge in [0, 0.05) is 18.4 Å². The summed E-state index contributed by atoms with van der Waals surface area (Å²) in [4.78, 5) is 11.4. The summed E-state index contributed by atoms with van der Waals surface area (Å²) in [7, 11) is 0. The predicted octanol–water partition coefficient (Wildman–Crippen LogP) is 2.45. The Labute approximate surface area is 73.3 Å². The fraction of sp³-hybridized carbons (Fsp3) is 0.700. The quantitative estimate of drug-likeness (QED) is 0.653. The van der Waals surface area contributed by atoms with Crippen molar-refractivity contribution in [2.45, 2.75) is 33.6 Å². The number of Topliss-reactive ketones (excluding diaryl/α,β-unsaturated/α-hetero) is 1. The normalized spacial score (nSPS) is 25.3. The first kappa shape index (κ1) is 9.30. The number of allylic oxidation sites excluding steroid dienone is 2. The predicted molar refractivity (Wildman–Crippen MR) is 47.9 cm³/mol. The van der Waals surface area contributed by atoms with Gasteiger partial charge in [-0.25, -0.2) is 0 Å². The van der Waals surface area contributed by atoms with E-state index < -0.39 is 0 Å². The van der Waals surface area contributed by atoms with Crippen molar-refractivity contribution in [3.05, 3.63) is 11.3 Å². The van der Waals surface area contributed by atoms with Gasteiger partial charge >= 0.3 is 0 Å². The molecule has 1 aliphatic rings. The zero-order valence-corrected chi connectivity index (χ0v) is 7.92. The second-order valence-corrected chi connectivity index (χ2v) is 3.95. The van der Waals surface area contributed by atoms with Crippen LogP contribution in [-0.2, 0) is 4.79 Å². The molecule has 0 fully saturated rings. The third-order valence-corrected chi connectivity index (χ3v) is 2.26. The van der Waals surface area contributed by atoms with Crippen LogP contribution in [0.5, 0.6) is 0 Å². The topological polar surface area (TPSA) is 37.3 Å². The molecule has 0 amide bonds. The molecular weight excluding hydrogens is 152 g/mol. The van der Waals surface area contributed by atoms with Gasteiger partial charge in [0.2, 0.25) is 0 Å². The smallest absolute Gasteiger partial charge is 0.162 e. The minimum absolute atomic E-state index is 0.126. The Kier molecular flexibility index (Phi) is 2.55. The molecule has 0 saturated heterocycles. The van der Waals surface area contributed by atoms with Gasteiger partial charge in [-0.2, -0.15) is 0 Å². The van der Waals surface area contributed by atoms with Crippen LogP contribution in [0.25, 0.3) is 0 Å². The summed E-state index contributed by atoms with van der Waals surface area (Å²) in [6.07, 6.45) is 1.26. The van der Waals surface area contributed by atoms with Crippen LogP contribution in [0.4, 0.5) is 0 Å². The minimum atomic E-state index is 0.126. The van der Waals surface area contributed by atoms with Crippen molar-refractivity contribution < 1.29 is 9.90 Å². The maximum Gasteiger partial charge on any atom is 0.162 e. The van der Waals surface area contributed by atoms with E-state index in [4.69, 9.17) is 0 Å². The number of ketones is 1. The monoisotopic (exact) mass is 168 g/mol. The van der Waals surface area contributed by atoms with Crippen LogP contribution < -0.4 is 0 Å². The van der Waals surface area contributed by atoms with Gasteiger partial charge < -0.3 is 5.11 Å². The van der Waals surface area contributed by atoms with Crippen molar-refractivity contribution in [1.82, 2.24) is 0 Å². The molecule has 0 aliphatic heterocycles. The van der Waals surface area contributed by atoms with Gasteiger partial charge in [-0.3, -0.25) is 4.79 Å². The number of carbonyl (C=O) groups excluding carboxylic acids is 1. The second kappa shape index (κ2) is 3.30. The summed E-state index contributed by atoms with van der Waals surface area (Å²) in [5, 5.41) is 9.54. The SMILES string of the molecule is CC1CC(=O)C(C(C)C)=C(O)C1. The molecule has 0 aromatic rings. The van der Waals surface area contributed by atoms with Crippen LogP contribution in [-0.4, -0.2) is 10.9 Å². The lowest BCUT2D eigenvalue weighted by atomic mass is 9.84. The number of hydrogen-bond donors (Lipinski definition) is 1. The molecule has 1 rings (SSSR count). The zero-order chi connectivity index (χ0) is 9.30. The van der Waals surface area contributed by atoms with Gasteiger partial charge in [0.05, 0.1) is 5.76 Å². The highest BCUT2D eigenvalue weighted by Gasteiger charge is 2.26. The third-order valence-electron chi connectivity index (χ3n) is 2.26. The van der Waals surface area contributed by atoms with Crippen molar-refractivity contribution in [3.8, 4) is 0 Å². The van der Waals surface area contributed by atoms with Crippen molar-refractivity contribution in [3.63, 3.8) is 0 Å². The lowest BCUT2D eigenvalue weighted by molar-refractivity contribution is -0.117. The molecule has 1 N–H and O–H groups in total. The van der Waals surface area contributed by atoms with Gasteiger partial charge in [-0.15, -0.1) is 0 Å². The molecule has 0 bridgehead atoms. The largest absolute Gasteiger partial charge is 0.512 e. The molecule has 1 atom stereocenters. The minimum Gasteiger partial charge on any atom is -0.512 e. The molecule has 2 heteroatoms. The maximum atomic E-state index is 11.4. The molecule has 1 unspecified atom stereocenters. The van der Waals surface area contributed by atoms with E-state index >= 15 is 0 Å². The summed E-state index contributed by atoms with van der Waals surface area (Å²) in [5.74, 6) is 0.903. The molecule has 12 heavy (non-hydrogen) atoms. The average molecular weight is 168 g/mol. The highest BCUT2D eigenvalue weighted by molar-refractivity contribution is 5.97. The standard InChI is InChI=1S/C10H16O2/c1-6(2)10-8(11)4-7(3)5-9(10)12/h6-7,11H,4-5H2,1-3H3. The molecule has 68 valence electrons. The van der Waals surface area contributed by atoms with E-state index in [1.807, 2.05) is 20.8 Å². The molecule has 0 heterocycles. The average Bonchev–Trinajstić information content (AvgIpc) is 1.82. The first-order chi connectivity index (χ1) is 5.52. The van der Waals surface area contributed by atoms with Crippen LogP contribution in [0.3, 0.4) is 0 Å². The Hall–Kier alpha value is -0.790. The van der Waals surface area contributed by atoms with E-state index in [-0.39, 0.29) is 11.7 Å². The number of aliphatic hydroxyl groups is 1. The Morgan fingerprint density at radius 1 is 1.42 bits per heavy atom. The van der Waals surface area contributed by atoms with E-state index in [1.54, 1.807) is 0 Å². The summed E-state index contributed by atoms with van der Waals surface area (Å²) in [6.45, 7) is 5.88. The molecule has 0 aromatic heterocycles. The maximum absolute atomic E-state index is 11.4. The van der Waals surface area contributed by atoms with Crippen molar-refractivity contribution in [1.29, 1.82) is 0 Å². The number of aliphatic hydroxyl groups excluding tert-OH is 1. The van der Waals surface area contributed by atoms with Gasteiger partial charge in [-0.05, 0) is 11.8 Å². The van der Waals surface area contributed by atoms with Crippen molar-refractivity contribution in [2.24, 2.45) is 11.8 Å². The van der Waals surface area contributed by atoms with Gasteiger partial charge in [0.25, 0.3) is 0 Å². The van der Waals surface area contributed by atoms with E-state index in [9.17, 15) is 9.90 Å². The third kappa shape index (κ3) is 1.68. The second-order valence-electron chi connectivity index (χ2n) is 3.95. The molecule has 1 aliphatic carbocycles. The fourth-order valence-corrected chi connectivity index (χ4v) is 1.75. The highest BCUT2D eigenvalue weighted by atomic mass is 16.3. The van der Waals surface area contributed by atoms with E-state index in [1.165, 1.54) is 0 Å². The number of hydrogen-bond acceptors (Lipinski definition) is 2. The Morgan fingerprint density at radius 2 is 2.00 bits per heavy atom. The molecule has 0 saturated carbocycles. The van der Waals surface area contributed by atoms with E-state index in [0.717, 1.165) is 0 Å². The lowest BCUT2D eigenvalue weighted by Gasteiger charge is -2.22. The van der Waals surface area contributed by atoms with Gasteiger partial charge in [0.1, 0.15) is 0 Å². The molecule has 0 radical (unpaired) electrons. The van der Waals surface area contributed by atoms with Crippen LogP contribution in [0.1, 0.15) is 33.6 Å². The van der Waals surface area contributed by atoms with E-state index in [0.29, 0.717) is 30.1 Å². The van der Waals surface area contributed by atoms with Crippen LogP contribution >= 0.6 is 0 Å². The Bertz CT molecular complexity index is 226. The van der Waals surface area contributed by atoms with Crippen molar-refractivity contribution in [2.75, 3.05) is 0 Å². The van der Waals surface area contributed by atoms with Crippen LogP contribution in [0, 0.1) is 11.8 Å². The first-order valence-corrected chi connectivity index (χ1v) is 4.47. The Balaban J connectivity index is 2.93. The highest BCUT2D eigenvalue weighted by Crippen LogP contribution is 2.28. The van der Waals surface area contributed by atoms with Gasteiger partial charge in [-0.1, -0.05) is 20.8 Å². The molecule has 0 spiro atoms. The van der Waals surface area contributed by atoms with E-state index in [2.05, 4.69) is 0 Å². The summed E-state index contributed by atoms with van der Waals surface area (Å²) in [6, 6.07) is 0. The lowest BCUT2D eigenvalue weighted by Crippen LogP contribution is -2.20. The zero-order valence-electron chi connectivity index (χ0n) is 7.92. The fourth-order valence-electron chi connectivity index (χ4n) is 1.75. The molecular formula is C10H16O2. The van der Waals surface area contributed by atoms with Crippen LogP contribution in [0.15, 0.2) is 11.3 Å². The number of carbonyl (C=O) groups is 1. The molecule has 0 aromatic carbocycles. The number of rotatable bonds is 1. The van der Waals surface area contributed by atoms with Crippen LogP contribution in [0.2, 0.25) is 0 Å². The summed E-state index contributed by atoms with van der Waals surface area (Å²) < 4.78 is 0. The van der Waals surface area contributed by atoms with Crippen molar-refractivity contribution >= 4 is 5.78 Å². The first-order valence-electron chi connectivity index (χ1n) is 4.47. The molecule has 2 nitrogen and oxygen atoms in total. The summed E-state index contributed by atoms with van der Waals surface area (Å²) in [5.41, 5.74) is 0.646. The Morgan fingerprint density at radius 3 is 2.42 bits per heavy atom.